The lowest BCUT2D eigenvalue weighted by atomic mass is 9.75. The van der Waals surface area contributed by atoms with Gasteiger partial charge in [-0.1, -0.05) is 27.2 Å². The molecule has 0 spiro atoms. The van der Waals surface area contributed by atoms with Crippen molar-refractivity contribution in [3.63, 3.8) is 0 Å². The topological polar surface area (TPSA) is 15.3 Å². The first kappa shape index (κ1) is 14.3. The summed E-state index contributed by atoms with van der Waals surface area (Å²) in [6.07, 6.45) is 8.30. The van der Waals surface area contributed by atoms with E-state index in [1.165, 1.54) is 71.2 Å². The van der Waals surface area contributed by atoms with E-state index in [9.17, 15) is 0 Å². The highest BCUT2D eigenvalue weighted by atomic mass is 15.1. The van der Waals surface area contributed by atoms with E-state index in [1.807, 2.05) is 0 Å². The van der Waals surface area contributed by atoms with Gasteiger partial charge in [-0.3, -0.25) is 0 Å². The molecule has 106 valence electrons. The Morgan fingerprint density at radius 3 is 2.39 bits per heavy atom. The predicted octanol–water partition coefficient (Wildman–Crippen LogP) is 3.28. The fourth-order valence-electron chi connectivity index (χ4n) is 3.78. The van der Waals surface area contributed by atoms with Crippen molar-refractivity contribution in [2.75, 3.05) is 32.7 Å². The van der Waals surface area contributed by atoms with Crippen molar-refractivity contribution in [1.82, 2.24) is 10.2 Å². The van der Waals surface area contributed by atoms with E-state index in [1.54, 1.807) is 0 Å². The van der Waals surface area contributed by atoms with Crippen molar-refractivity contribution in [1.29, 1.82) is 0 Å². The molecule has 0 aromatic rings. The van der Waals surface area contributed by atoms with Crippen LogP contribution in [-0.2, 0) is 0 Å². The minimum atomic E-state index is 0.578. The van der Waals surface area contributed by atoms with Crippen molar-refractivity contribution in [3.05, 3.63) is 0 Å². The fraction of sp³-hybridized carbons (Fsp3) is 1.00. The van der Waals surface area contributed by atoms with Crippen molar-refractivity contribution < 1.29 is 0 Å². The number of hydrogen-bond acceptors (Lipinski definition) is 2. The van der Waals surface area contributed by atoms with Gasteiger partial charge < -0.3 is 10.2 Å². The number of piperidine rings is 2. The van der Waals surface area contributed by atoms with Gasteiger partial charge in [0.1, 0.15) is 0 Å². The summed E-state index contributed by atoms with van der Waals surface area (Å²) in [6.45, 7) is 13.7. The molecule has 0 bridgehead atoms. The Balaban J connectivity index is 1.89. The molecule has 2 aliphatic heterocycles. The van der Waals surface area contributed by atoms with Crippen LogP contribution in [-0.4, -0.2) is 37.6 Å². The maximum atomic E-state index is 3.64. The minimum absolute atomic E-state index is 0.578. The summed E-state index contributed by atoms with van der Waals surface area (Å²) in [5.74, 6) is 0. The summed E-state index contributed by atoms with van der Waals surface area (Å²) in [4.78, 5) is 2.74. The van der Waals surface area contributed by atoms with E-state index in [0.29, 0.717) is 10.8 Å². The third-order valence-corrected chi connectivity index (χ3v) is 5.11. The largest absolute Gasteiger partial charge is 0.316 e. The lowest BCUT2D eigenvalue weighted by molar-refractivity contribution is 0.0616. The standard InChI is InChI=1S/C16H32N2/c1-4-6-16(7-5-10-17-13-16)14-18-11-8-15(2,3)9-12-18/h17H,4-14H2,1-3H3. The van der Waals surface area contributed by atoms with E-state index >= 15 is 0 Å². The maximum absolute atomic E-state index is 3.64. The molecule has 2 aliphatic rings. The highest BCUT2D eigenvalue weighted by Crippen LogP contribution is 2.36. The molecule has 2 heteroatoms. The van der Waals surface area contributed by atoms with Crippen LogP contribution < -0.4 is 5.32 Å². The van der Waals surface area contributed by atoms with Crippen molar-refractivity contribution in [2.45, 2.75) is 59.3 Å². The second kappa shape index (κ2) is 5.92. The van der Waals surface area contributed by atoms with Gasteiger partial charge in [0.05, 0.1) is 0 Å². The summed E-state index contributed by atoms with van der Waals surface area (Å²) in [6, 6.07) is 0. The molecule has 0 saturated carbocycles. The number of hydrogen-bond donors (Lipinski definition) is 1. The Morgan fingerprint density at radius 2 is 1.83 bits per heavy atom. The Morgan fingerprint density at radius 1 is 1.11 bits per heavy atom. The molecule has 2 fully saturated rings. The number of rotatable bonds is 4. The smallest absolute Gasteiger partial charge is 0.00502 e. The van der Waals surface area contributed by atoms with Crippen LogP contribution in [0.15, 0.2) is 0 Å². The predicted molar refractivity (Wildman–Crippen MR) is 78.9 cm³/mol. The molecular formula is C16H32N2. The molecule has 0 amide bonds. The summed E-state index contributed by atoms with van der Waals surface area (Å²) >= 11 is 0. The molecule has 18 heavy (non-hydrogen) atoms. The first-order valence-corrected chi connectivity index (χ1v) is 7.98. The van der Waals surface area contributed by atoms with Crippen LogP contribution in [0.3, 0.4) is 0 Å². The van der Waals surface area contributed by atoms with Crippen molar-refractivity contribution >= 4 is 0 Å². The number of nitrogens with zero attached hydrogens (tertiary/aromatic N) is 1. The summed E-state index contributed by atoms with van der Waals surface area (Å²) in [5.41, 5.74) is 1.16. The average Bonchev–Trinajstić information content (AvgIpc) is 2.34. The molecule has 2 heterocycles. The summed E-state index contributed by atoms with van der Waals surface area (Å²) < 4.78 is 0. The van der Waals surface area contributed by atoms with Crippen LogP contribution in [0.4, 0.5) is 0 Å². The van der Waals surface area contributed by atoms with Crippen LogP contribution in [0.5, 0.6) is 0 Å². The van der Waals surface area contributed by atoms with E-state index in [-0.39, 0.29) is 0 Å². The molecule has 2 rings (SSSR count). The van der Waals surface area contributed by atoms with Gasteiger partial charge in [-0.2, -0.15) is 0 Å². The third-order valence-electron chi connectivity index (χ3n) is 5.11. The van der Waals surface area contributed by atoms with Crippen LogP contribution >= 0.6 is 0 Å². The summed E-state index contributed by atoms with van der Waals surface area (Å²) in [7, 11) is 0. The molecular weight excluding hydrogens is 220 g/mol. The molecule has 2 nitrogen and oxygen atoms in total. The SMILES string of the molecule is CCCC1(CN2CCC(C)(C)CC2)CCCNC1. The van der Waals surface area contributed by atoms with Crippen molar-refractivity contribution in [2.24, 2.45) is 10.8 Å². The number of likely N-dealkylation sites (tertiary alicyclic amines) is 1. The van der Waals surface area contributed by atoms with Gasteiger partial charge in [-0.15, -0.1) is 0 Å². The second-order valence-corrected chi connectivity index (χ2v) is 7.47. The zero-order chi connectivity index (χ0) is 13.1. The van der Waals surface area contributed by atoms with E-state index in [0.717, 1.165) is 0 Å². The van der Waals surface area contributed by atoms with Crippen LogP contribution in [0.25, 0.3) is 0 Å². The monoisotopic (exact) mass is 252 g/mol. The lowest BCUT2D eigenvalue weighted by Gasteiger charge is -2.45. The Bertz CT molecular complexity index is 238. The normalized spacial score (nSPS) is 33.5. The highest BCUT2D eigenvalue weighted by molar-refractivity contribution is 4.90. The van der Waals surface area contributed by atoms with E-state index in [2.05, 4.69) is 31.0 Å². The first-order chi connectivity index (χ1) is 8.55. The second-order valence-electron chi connectivity index (χ2n) is 7.47. The Kier molecular flexibility index (Phi) is 4.71. The van der Waals surface area contributed by atoms with Crippen molar-refractivity contribution in [3.8, 4) is 0 Å². The Hall–Kier alpha value is -0.0800. The van der Waals surface area contributed by atoms with Gasteiger partial charge >= 0.3 is 0 Å². The molecule has 1 unspecified atom stereocenters. The van der Waals surface area contributed by atoms with Gasteiger partial charge in [0.25, 0.3) is 0 Å². The van der Waals surface area contributed by atoms with E-state index < -0.39 is 0 Å². The zero-order valence-corrected chi connectivity index (χ0v) is 12.7. The van der Waals surface area contributed by atoms with Crippen LogP contribution in [0, 0.1) is 10.8 Å². The molecule has 0 radical (unpaired) electrons. The molecule has 0 aliphatic carbocycles. The van der Waals surface area contributed by atoms with Crippen LogP contribution in [0.2, 0.25) is 0 Å². The van der Waals surface area contributed by atoms with Crippen LogP contribution in [0.1, 0.15) is 59.3 Å². The third kappa shape index (κ3) is 3.71. The molecule has 0 aromatic carbocycles. The van der Waals surface area contributed by atoms with Gasteiger partial charge in [-0.25, -0.2) is 0 Å². The quantitative estimate of drug-likeness (QED) is 0.826. The average molecular weight is 252 g/mol. The maximum Gasteiger partial charge on any atom is 0.00502 e. The number of nitrogens with one attached hydrogen (secondary N) is 1. The van der Waals surface area contributed by atoms with Gasteiger partial charge in [-0.05, 0) is 62.6 Å². The minimum Gasteiger partial charge on any atom is -0.316 e. The highest BCUT2D eigenvalue weighted by Gasteiger charge is 2.35. The summed E-state index contributed by atoms with van der Waals surface area (Å²) in [5, 5.41) is 3.64. The Labute approximate surface area is 114 Å². The van der Waals surface area contributed by atoms with Gasteiger partial charge in [0, 0.05) is 13.1 Å². The first-order valence-electron chi connectivity index (χ1n) is 7.98. The fourth-order valence-corrected chi connectivity index (χ4v) is 3.78. The molecule has 1 atom stereocenters. The van der Waals surface area contributed by atoms with Gasteiger partial charge in [0.15, 0.2) is 0 Å². The molecule has 2 saturated heterocycles. The molecule has 1 N–H and O–H groups in total. The molecule has 0 aromatic heterocycles. The van der Waals surface area contributed by atoms with Gasteiger partial charge in [0.2, 0.25) is 0 Å². The van der Waals surface area contributed by atoms with E-state index in [4.69, 9.17) is 0 Å². The lowest BCUT2D eigenvalue weighted by Crippen LogP contribution is -2.50. The zero-order valence-electron chi connectivity index (χ0n) is 12.7.